The minimum absolute atomic E-state index is 0.598. The fraction of sp³-hybridized carbons (Fsp3) is 0.417. The van der Waals surface area contributed by atoms with Crippen LogP contribution in [0, 0.1) is 18.6 Å². The normalized spacial score (nSPS) is 17.4. The molecule has 0 aromatic heterocycles. The van der Waals surface area contributed by atoms with E-state index < -0.39 is 17.2 Å². The highest BCUT2D eigenvalue weighted by atomic mass is 19.2. The lowest BCUT2D eigenvalue weighted by Gasteiger charge is -2.38. The Morgan fingerprint density at radius 1 is 1.31 bits per heavy atom. The molecule has 1 aliphatic carbocycles. The fourth-order valence-electron chi connectivity index (χ4n) is 2.19. The van der Waals surface area contributed by atoms with Gasteiger partial charge in [-0.05, 0) is 49.4 Å². The molecular formula is C12H11F2NO. The average Bonchev–Trinajstić information content (AvgIpc) is 2.18. The van der Waals surface area contributed by atoms with Crippen molar-refractivity contribution in [2.24, 2.45) is 4.99 Å². The van der Waals surface area contributed by atoms with Crippen LogP contribution >= 0.6 is 0 Å². The topological polar surface area (TPSA) is 29.4 Å². The van der Waals surface area contributed by atoms with Crippen LogP contribution in [0.25, 0.3) is 0 Å². The zero-order chi connectivity index (χ0) is 11.8. The molecule has 0 heterocycles. The highest BCUT2D eigenvalue weighted by Gasteiger charge is 2.40. The first-order chi connectivity index (χ1) is 7.59. The van der Waals surface area contributed by atoms with Gasteiger partial charge in [-0.15, -0.1) is 0 Å². The highest BCUT2D eigenvalue weighted by Crippen LogP contribution is 2.46. The van der Waals surface area contributed by atoms with Gasteiger partial charge in [0, 0.05) is 0 Å². The second kappa shape index (κ2) is 3.80. The summed E-state index contributed by atoms with van der Waals surface area (Å²) in [4.78, 5) is 14.2. The number of aliphatic imine (C=N–C) groups is 1. The zero-order valence-corrected chi connectivity index (χ0v) is 8.89. The first-order valence-corrected chi connectivity index (χ1v) is 5.14. The fourth-order valence-corrected chi connectivity index (χ4v) is 2.19. The van der Waals surface area contributed by atoms with Crippen molar-refractivity contribution in [3.05, 3.63) is 34.9 Å². The number of hydrogen-bond acceptors (Lipinski definition) is 2. The van der Waals surface area contributed by atoms with E-state index in [9.17, 15) is 13.6 Å². The summed E-state index contributed by atoms with van der Waals surface area (Å²) in [5.74, 6) is -1.77. The van der Waals surface area contributed by atoms with Crippen LogP contribution in [-0.2, 0) is 10.3 Å². The molecule has 1 aliphatic rings. The van der Waals surface area contributed by atoms with E-state index in [1.54, 1.807) is 6.92 Å². The van der Waals surface area contributed by atoms with Gasteiger partial charge in [-0.3, -0.25) is 0 Å². The molecule has 0 saturated heterocycles. The van der Waals surface area contributed by atoms with E-state index in [0.717, 1.165) is 18.6 Å². The summed E-state index contributed by atoms with van der Waals surface area (Å²) in [5, 5.41) is 0. The molecule has 0 spiro atoms. The largest absolute Gasteiger partial charge is 0.235 e. The lowest BCUT2D eigenvalue weighted by atomic mass is 9.71. The van der Waals surface area contributed by atoms with Gasteiger partial charge in [-0.2, -0.15) is 4.99 Å². The Morgan fingerprint density at radius 2 is 1.94 bits per heavy atom. The Bertz CT molecular complexity index is 474. The van der Waals surface area contributed by atoms with Crippen LogP contribution in [0.2, 0.25) is 0 Å². The molecule has 0 bridgehead atoms. The van der Waals surface area contributed by atoms with Gasteiger partial charge >= 0.3 is 0 Å². The molecule has 84 valence electrons. The van der Waals surface area contributed by atoms with Gasteiger partial charge in [0.15, 0.2) is 11.6 Å². The van der Waals surface area contributed by atoms with Gasteiger partial charge in [0.25, 0.3) is 0 Å². The van der Waals surface area contributed by atoms with Crippen LogP contribution in [-0.4, -0.2) is 6.08 Å². The maximum atomic E-state index is 13.2. The summed E-state index contributed by atoms with van der Waals surface area (Å²) in [6.45, 7) is 1.69. The Balaban J connectivity index is 2.54. The number of isocyanates is 1. The van der Waals surface area contributed by atoms with Crippen molar-refractivity contribution >= 4 is 6.08 Å². The van der Waals surface area contributed by atoms with Crippen LogP contribution in [0.15, 0.2) is 17.1 Å². The van der Waals surface area contributed by atoms with Crippen LogP contribution < -0.4 is 0 Å². The van der Waals surface area contributed by atoms with Crippen molar-refractivity contribution in [2.45, 2.75) is 31.7 Å². The minimum Gasteiger partial charge on any atom is -0.211 e. The van der Waals surface area contributed by atoms with Crippen LogP contribution in [0.4, 0.5) is 8.78 Å². The standard InChI is InChI=1S/C12H11F2NO/c1-8-5-10(13)11(14)6-9(8)12(15-7-16)3-2-4-12/h5-6H,2-4H2,1H3. The third-order valence-electron chi connectivity index (χ3n) is 3.21. The Hall–Kier alpha value is -1.54. The zero-order valence-electron chi connectivity index (χ0n) is 8.89. The molecule has 2 rings (SSSR count). The molecule has 4 heteroatoms. The summed E-state index contributed by atoms with van der Waals surface area (Å²) in [6, 6.07) is 2.29. The van der Waals surface area contributed by atoms with Crippen molar-refractivity contribution in [2.75, 3.05) is 0 Å². The van der Waals surface area contributed by atoms with E-state index in [1.807, 2.05) is 0 Å². The summed E-state index contributed by atoms with van der Waals surface area (Å²) < 4.78 is 26.1. The van der Waals surface area contributed by atoms with Crippen molar-refractivity contribution in [1.82, 2.24) is 0 Å². The van der Waals surface area contributed by atoms with Gasteiger partial charge in [0.2, 0.25) is 6.08 Å². The van der Waals surface area contributed by atoms with Gasteiger partial charge in [0.1, 0.15) is 0 Å². The van der Waals surface area contributed by atoms with Crippen molar-refractivity contribution in [3.8, 4) is 0 Å². The molecule has 2 nitrogen and oxygen atoms in total. The molecule has 0 N–H and O–H groups in total. The van der Waals surface area contributed by atoms with E-state index in [4.69, 9.17) is 0 Å². The van der Waals surface area contributed by atoms with E-state index >= 15 is 0 Å². The van der Waals surface area contributed by atoms with Crippen LogP contribution in [0.5, 0.6) is 0 Å². The predicted octanol–water partition coefficient (Wildman–Crippen LogP) is 2.99. The SMILES string of the molecule is Cc1cc(F)c(F)cc1C1(N=C=O)CCC1. The Labute approximate surface area is 92.0 Å². The van der Waals surface area contributed by atoms with E-state index in [2.05, 4.69) is 4.99 Å². The van der Waals surface area contributed by atoms with E-state index in [-0.39, 0.29) is 0 Å². The lowest BCUT2D eigenvalue weighted by molar-refractivity contribution is 0.253. The monoisotopic (exact) mass is 223 g/mol. The number of benzene rings is 1. The van der Waals surface area contributed by atoms with Gasteiger partial charge in [-0.1, -0.05) is 0 Å². The highest BCUT2D eigenvalue weighted by molar-refractivity contribution is 5.42. The number of hydrogen-bond donors (Lipinski definition) is 0. The number of rotatable bonds is 2. The Morgan fingerprint density at radius 3 is 2.44 bits per heavy atom. The second-order valence-electron chi connectivity index (χ2n) is 4.17. The molecule has 1 aromatic rings. The molecule has 0 aliphatic heterocycles. The third kappa shape index (κ3) is 1.55. The average molecular weight is 223 g/mol. The van der Waals surface area contributed by atoms with Gasteiger partial charge in [0.05, 0.1) is 5.54 Å². The molecule has 1 aromatic carbocycles. The van der Waals surface area contributed by atoms with Crippen molar-refractivity contribution in [1.29, 1.82) is 0 Å². The van der Waals surface area contributed by atoms with Gasteiger partial charge < -0.3 is 0 Å². The molecular weight excluding hydrogens is 212 g/mol. The summed E-state index contributed by atoms with van der Waals surface area (Å²) in [5.41, 5.74) is 0.555. The minimum atomic E-state index is -0.895. The number of halogens is 2. The molecule has 1 saturated carbocycles. The van der Waals surface area contributed by atoms with E-state index in [0.29, 0.717) is 24.0 Å². The molecule has 0 unspecified atom stereocenters. The summed E-state index contributed by atoms with van der Waals surface area (Å²) in [6.07, 6.45) is 3.84. The maximum absolute atomic E-state index is 13.2. The summed E-state index contributed by atoms with van der Waals surface area (Å²) >= 11 is 0. The quantitative estimate of drug-likeness (QED) is 0.559. The number of nitrogens with zero attached hydrogens (tertiary/aromatic N) is 1. The smallest absolute Gasteiger partial charge is 0.211 e. The first kappa shape index (κ1) is 11.0. The number of carbonyl (C=O) groups excluding carboxylic acids is 1. The molecule has 16 heavy (non-hydrogen) atoms. The molecule has 1 fully saturated rings. The lowest BCUT2D eigenvalue weighted by Crippen LogP contribution is -2.33. The van der Waals surface area contributed by atoms with Crippen molar-refractivity contribution < 1.29 is 13.6 Å². The van der Waals surface area contributed by atoms with E-state index in [1.165, 1.54) is 6.08 Å². The second-order valence-corrected chi connectivity index (χ2v) is 4.17. The van der Waals surface area contributed by atoms with Crippen molar-refractivity contribution in [3.63, 3.8) is 0 Å². The maximum Gasteiger partial charge on any atom is 0.235 e. The molecule has 0 radical (unpaired) electrons. The predicted molar refractivity (Wildman–Crippen MR) is 54.7 cm³/mol. The van der Waals surface area contributed by atoms with Crippen LogP contribution in [0.1, 0.15) is 30.4 Å². The molecule has 0 amide bonds. The Kier molecular flexibility index (Phi) is 2.60. The number of aryl methyl sites for hydroxylation is 1. The van der Waals surface area contributed by atoms with Gasteiger partial charge in [-0.25, -0.2) is 13.6 Å². The first-order valence-electron chi connectivity index (χ1n) is 5.14. The molecule has 0 atom stereocenters. The summed E-state index contributed by atoms with van der Waals surface area (Å²) in [7, 11) is 0. The third-order valence-corrected chi connectivity index (χ3v) is 3.21. The van der Waals surface area contributed by atoms with Crippen LogP contribution in [0.3, 0.4) is 0 Å².